The quantitative estimate of drug-likeness (QED) is 0.302. The lowest BCUT2D eigenvalue weighted by Crippen LogP contribution is -2.67. The molecule has 2 aliphatic rings. The third kappa shape index (κ3) is 4.51. The van der Waals surface area contributed by atoms with Crippen LogP contribution in [0.4, 0.5) is 4.39 Å². The molecule has 6 rings (SSSR count). The van der Waals surface area contributed by atoms with E-state index < -0.39 is 5.54 Å². The molecule has 0 saturated carbocycles. The molecule has 1 N–H and O–H groups in total. The van der Waals surface area contributed by atoms with E-state index in [4.69, 9.17) is 9.47 Å². The Bertz CT molecular complexity index is 1610. The topological polar surface area (TPSA) is 74.9 Å². The number of hydrogen-bond acceptors (Lipinski definition) is 4. The van der Waals surface area contributed by atoms with Gasteiger partial charge in [0.2, 0.25) is 5.91 Å². The predicted molar refractivity (Wildman–Crippen MR) is 154 cm³/mol. The number of amides is 2. The minimum absolute atomic E-state index is 0.0396. The number of ether oxygens (including phenoxy) is 2. The van der Waals surface area contributed by atoms with Crippen LogP contribution in [0.1, 0.15) is 55.5 Å². The van der Waals surface area contributed by atoms with Gasteiger partial charge in [0.25, 0.3) is 5.91 Å². The molecule has 2 atom stereocenters. The number of rotatable bonds is 8. The van der Waals surface area contributed by atoms with E-state index in [9.17, 15) is 14.0 Å². The van der Waals surface area contributed by atoms with Crippen molar-refractivity contribution >= 4 is 22.7 Å². The van der Waals surface area contributed by atoms with Crippen molar-refractivity contribution in [3.8, 4) is 11.5 Å². The van der Waals surface area contributed by atoms with Crippen molar-refractivity contribution in [2.24, 2.45) is 0 Å². The third-order valence-electron chi connectivity index (χ3n) is 8.24. The molecule has 8 heteroatoms. The summed E-state index contributed by atoms with van der Waals surface area (Å²) in [6, 6.07) is 20.0. The highest BCUT2D eigenvalue weighted by Crippen LogP contribution is 2.49. The first kappa shape index (κ1) is 26.9. The van der Waals surface area contributed by atoms with Crippen LogP contribution in [0, 0.1) is 5.82 Å². The SMILES string of the molecule is CCCOc1ccc([C@H]2CN3C(=O)CN(Cc4ccc(F)cc4)C(=O)[C@]3(C)c3[nH]c4ccccc4c32)cc1OCC. The molecule has 1 saturated heterocycles. The fourth-order valence-corrected chi connectivity index (χ4v) is 6.25. The summed E-state index contributed by atoms with van der Waals surface area (Å²) in [5, 5.41) is 1.02. The molecule has 3 aromatic carbocycles. The Morgan fingerprint density at radius 2 is 1.78 bits per heavy atom. The van der Waals surface area contributed by atoms with Crippen molar-refractivity contribution in [2.45, 2.75) is 45.2 Å². The van der Waals surface area contributed by atoms with Gasteiger partial charge in [0, 0.05) is 29.9 Å². The van der Waals surface area contributed by atoms with Crippen LogP contribution in [0.2, 0.25) is 0 Å². The number of piperazine rings is 1. The van der Waals surface area contributed by atoms with Gasteiger partial charge in [0.1, 0.15) is 12.4 Å². The molecule has 3 heterocycles. The number of carbonyl (C=O) groups is 2. The average molecular weight is 556 g/mol. The van der Waals surface area contributed by atoms with Crippen LogP contribution in [0.15, 0.2) is 66.7 Å². The maximum absolute atomic E-state index is 14.3. The highest BCUT2D eigenvalue weighted by atomic mass is 19.1. The van der Waals surface area contributed by atoms with Crippen molar-refractivity contribution in [3.63, 3.8) is 0 Å². The van der Waals surface area contributed by atoms with Crippen LogP contribution in [0.5, 0.6) is 11.5 Å². The van der Waals surface area contributed by atoms with Gasteiger partial charge in [-0.3, -0.25) is 9.59 Å². The maximum atomic E-state index is 14.3. The van der Waals surface area contributed by atoms with E-state index in [1.165, 1.54) is 12.1 Å². The van der Waals surface area contributed by atoms with Crippen LogP contribution in [0.3, 0.4) is 0 Å². The monoisotopic (exact) mass is 555 g/mol. The molecule has 0 unspecified atom stereocenters. The molecular formula is C33H34FN3O4. The summed E-state index contributed by atoms with van der Waals surface area (Å²) in [7, 11) is 0. The first-order valence-corrected chi connectivity index (χ1v) is 14.2. The standard InChI is InChI=1S/C33H34FN3O4/c1-4-16-41-27-15-12-22(17-28(27)40-5-2)25-19-37-29(38)20-36(18-21-10-13-23(34)14-11-21)32(39)33(37,3)31-30(25)24-8-6-7-9-26(24)35-31/h6-15,17,25,35H,4-5,16,18-20H2,1-3H3/t25-,33+/m1/s1. The lowest BCUT2D eigenvalue weighted by atomic mass is 9.76. The molecule has 41 heavy (non-hydrogen) atoms. The first-order chi connectivity index (χ1) is 19.8. The van der Waals surface area contributed by atoms with Crippen molar-refractivity contribution in [1.29, 1.82) is 0 Å². The highest BCUT2D eigenvalue weighted by molar-refractivity contribution is 6.01. The van der Waals surface area contributed by atoms with Gasteiger partial charge in [-0.25, -0.2) is 4.39 Å². The second-order valence-electron chi connectivity index (χ2n) is 10.9. The van der Waals surface area contributed by atoms with E-state index in [0.717, 1.165) is 39.7 Å². The molecule has 1 fully saturated rings. The molecule has 2 amide bonds. The molecular weight excluding hydrogens is 521 g/mol. The van der Waals surface area contributed by atoms with Gasteiger partial charge < -0.3 is 24.3 Å². The average Bonchev–Trinajstić information content (AvgIpc) is 3.37. The first-order valence-electron chi connectivity index (χ1n) is 14.2. The summed E-state index contributed by atoms with van der Waals surface area (Å²) >= 11 is 0. The van der Waals surface area contributed by atoms with Gasteiger partial charge in [-0.2, -0.15) is 0 Å². The Kier molecular flexibility index (Phi) is 6.93. The van der Waals surface area contributed by atoms with Crippen LogP contribution in [-0.4, -0.2) is 52.9 Å². The van der Waals surface area contributed by atoms with Crippen LogP contribution in [-0.2, 0) is 21.7 Å². The minimum Gasteiger partial charge on any atom is -0.490 e. The normalized spacial score (nSPS) is 20.2. The Hall–Kier alpha value is -4.33. The number of benzene rings is 3. The van der Waals surface area contributed by atoms with Gasteiger partial charge in [-0.05, 0) is 67.3 Å². The summed E-state index contributed by atoms with van der Waals surface area (Å²) in [5.41, 5.74) is 3.18. The number of halogens is 1. The predicted octanol–water partition coefficient (Wildman–Crippen LogP) is 5.73. The van der Waals surface area contributed by atoms with Crippen molar-refractivity contribution in [3.05, 3.63) is 94.9 Å². The maximum Gasteiger partial charge on any atom is 0.255 e. The molecule has 212 valence electrons. The van der Waals surface area contributed by atoms with E-state index in [0.29, 0.717) is 31.3 Å². The molecule has 1 aromatic heterocycles. The van der Waals surface area contributed by atoms with E-state index in [2.05, 4.69) is 18.0 Å². The second kappa shape index (κ2) is 10.6. The summed E-state index contributed by atoms with van der Waals surface area (Å²) in [6.07, 6.45) is 0.885. The second-order valence-corrected chi connectivity index (χ2v) is 10.9. The fourth-order valence-electron chi connectivity index (χ4n) is 6.25. The Morgan fingerprint density at radius 1 is 1.00 bits per heavy atom. The Morgan fingerprint density at radius 3 is 2.54 bits per heavy atom. The van der Waals surface area contributed by atoms with Crippen LogP contribution >= 0.6 is 0 Å². The minimum atomic E-state index is -1.22. The number of nitrogens with zero attached hydrogens (tertiary/aromatic N) is 2. The Labute approximate surface area is 238 Å². The van der Waals surface area contributed by atoms with Gasteiger partial charge >= 0.3 is 0 Å². The van der Waals surface area contributed by atoms with Gasteiger partial charge in [-0.1, -0.05) is 43.3 Å². The molecule has 0 radical (unpaired) electrons. The number of fused-ring (bicyclic) bond motifs is 5. The number of H-pyrrole nitrogens is 1. The lowest BCUT2D eigenvalue weighted by Gasteiger charge is -2.51. The van der Waals surface area contributed by atoms with Crippen molar-refractivity contribution in [1.82, 2.24) is 14.8 Å². The van der Waals surface area contributed by atoms with Crippen molar-refractivity contribution < 1.29 is 23.5 Å². The summed E-state index contributed by atoms with van der Waals surface area (Å²) in [6.45, 7) is 7.46. The zero-order chi connectivity index (χ0) is 28.7. The fraction of sp³-hybridized carbons (Fsp3) is 0.333. The van der Waals surface area contributed by atoms with Gasteiger partial charge in [0.15, 0.2) is 17.0 Å². The van der Waals surface area contributed by atoms with Crippen molar-refractivity contribution in [2.75, 3.05) is 26.3 Å². The summed E-state index contributed by atoms with van der Waals surface area (Å²) in [4.78, 5) is 34.9. The van der Waals surface area contributed by atoms with E-state index >= 15 is 0 Å². The number of carbonyl (C=O) groups excluding carboxylic acids is 2. The molecule has 2 aliphatic heterocycles. The highest BCUT2D eigenvalue weighted by Gasteiger charge is 2.56. The number of aromatic amines is 1. The van der Waals surface area contributed by atoms with Gasteiger partial charge in [-0.15, -0.1) is 0 Å². The van der Waals surface area contributed by atoms with E-state index in [1.807, 2.05) is 50.2 Å². The van der Waals surface area contributed by atoms with Gasteiger partial charge in [0.05, 0.1) is 18.9 Å². The third-order valence-corrected chi connectivity index (χ3v) is 8.24. The number of hydrogen-bond donors (Lipinski definition) is 1. The molecule has 0 bridgehead atoms. The zero-order valence-corrected chi connectivity index (χ0v) is 23.6. The number of nitrogens with one attached hydrogen (secondary N) is 1. The van der Waals surface area contributed by atoms with Crippen LogP contribution < -0.4 is 9.47 Å². The number of aromatic nitrogens is 1. The summed E-state index contributed by atoms with van der Waals surface area (Å²) < 4.78 is 25.4. The smallest absolute Gasteiger partial charge is 0.255 e. The van der Waals surface area contributed by atoms with E-state index in [-0.39, 0.29) is 36.6 Å². The molecule has 0 spiro atoms. The van der Waals surface area contributed by atoms with E-state index in [1.54, 1.807) is 21.9 Å². The summed E-state index contributed by atoms with van der Waals surface area (Å²) in [5.74, 6) is 0.542. The molecule has 7 nitrogen and oxygen atoms in total. The largest absolute Gasteiger partial charge is 0.490 e. The zero-order valence-electron chi connectivity index (χ0n) is 23.6. The molecule has 0 aliphatic carbocycles. The Balaban J connectivity index is 1.46. The molecule has 4 aromatic rings. The number of para-hydroxylation sites is 1. The van der Waals surface area contributed by atoms with Crippen LogP contribution in [0.25, 0.3) is 10.9 Å². The lowest BCUT2D eigenvalue weighted by molar-refractivity contribution is -0.166.